The van der Waals surface area contributed by atoms with Crippen molar-refractivity contribution >= 4 is 21.7 Å². The van der Waals surface area contributed by atoms with E-state index in [1.807, 2.05) is 0 Å². The largest absolute Gasteiger partial charge is 0.502 e. The molecule has 0 aromatic heterocycles. The van der Waals surface area contributed by atoms with Crippen molar-refractivity contribution in [3.05, 3.63) is 34.8 Å². The molecule has 0 aliphatic rings. The Balaban J connectivity index is 4.80. The van der Waals surface area contributed by atoms with E-state index in [1.54, 1.807) is 0 Å². The van der Waals surface area contributed by atoms with Gasteiger partial charge in [0.05, 0.1) is 0 Å². The maximum absolute atomic E-state index is 12.7. The summed E-state index contributed by atoms with van der Waals surface area (Å²) in [5.41, 5.74) is 0. The van der Waals surface area contributed by atoms with E-state index in [0.717, 1.165) is 13.0 Å². The molecule has 66 valence electrons. The third kappa shape index (κ3) is 3.48. The number of hydrogen-bond donors (Lipinski definition) is 1. The van der Waals surface area contributed by atoms with Crippen molar-refractivity contribution in [2.24, 2.45) is 0 Å². The molecule has 0 amide bonds. The quantitative estimate of drug-likeness (QED) is 0.464. The number of ketones is 1. The summed E-state index contributed by atoms with van der Waals surface area (Å²) in [6.07, 6.45) is 2.30. The fourth-order valence-corrected chi connectivity index (χ4v) is 0.617. The molecular weight excluding hydrogens is 227 g/mol. The minimum Gasteiger partial charge on any atom is -0.502 e. The van der Waals surface area contributed by atoms with Crippen LogP contribution in [0.1, 0.15) is 6.92 Å². The number of aliphatic hydroxyl groups excluding tert-OH is 1. The number of Topliss-reactive ketones (excluding diaryl/α,β-unsaturated/α-hetero) is 1. The molecule has 2 nitrogen and oxygen atoms in total. The van der Waals surface area contributed by atoms with E-state index in [4.69, 9.17) is 5.11 Å². The second kappa shape index (κ2) is 4.87. The maximum atomic E-state index is 12.7. The number of allylic oxidation sites excluding steroid dienone is 5. The Labute approximate surface area is 78.2 Å². The summed E-state index contributed by atoms with van der Waals surface area (Å²) in [6, 6.07) is 0. The van der Waals surface area contributed by atoms with Crippen molar-refractivity contribution in [1.82, 2.24) is 0 Å². The lowest BCUT2D eigenvalue weighted by molar-refractivity contribution is -0.116. The van der Waals surface area contributed by atoms with Gasteiger partial charge in [-0.25, -0.2) is 4.39 Å². The van der Waals surface area contributed by atoms with Gasteiger partial charge in [0.25, 0.3) is 0 Å². The Morgan fingerprint density at radius 1 is 1.67 bits per heavy atom. The topological polar surface area (TPSA) is 37.3 Å². The Bertz CT molecular complexity index is 266. The van der Waals surface area contributed by atoms with Gasteiger partial charge in [-0.15, -0.1) is 0 Å². The van der Waals surface area contributed by atoms with Crippen molar-refractivity contribution in [1.29, 1.82) is 0 Å². The highest BCUT2D eigenvalue weighted by Crippen LogP contribution is 2.13. The van der Waals surface area contributed by atoms with Crippen LogP contribution in [0.4, 0.5) is 4.39 Å². The summed E-state index contributed by atoms with van der Waals surface area (Å²) in [5, 5.41) is 8.79. The van der Waals surface area contributed by atoms with E-state index < -0.39 is 17.4 Å². The molecule has 1 N–H and O–H groups in total. The molecule has 0 aromatic carbocycles. The zero-order chi connectivity index (χ0) is 9.72. The second-order valence-corrected chi connectivity index (χ2v) is 2.90. The van der Waals surface area contributed by atoms with Crippen LogP contribution < -0.4 is 0 Å². The van der Waals surface area contributed by atoms with Gasteiger partial charge in [-0.3, -0.25) is 4.79 Å². The van der Waals surface area contributed by atoms with Gasteiger partial charge in [0, 0.05) is 11.4 Å². The monoisotopic (exact) mass is 234 g/mol. The Hall–Kier alpha value is -0.900. The van der Waals surface area contributed by atoms with Gasteiger partial charge in [0.15, 0.2) is 17.4 Å². The molecule has 0 rings (SSSR count). The lowest BCUT2D eigenvalue weighted by atomic mass is 10.3. The molecular formula is C8H8BrFO2. The molecule has 0 aliphatic heterocycles. The van der Waals surface area contributed by atoms with Crippen LogP contribution in [-0.2, 0) is 4.79 Å². The first kappa shape index (κ1) is 11.1. The Kier molecular flexibility index (Phi) is 4.51. The van der Waals surface area contributed by atoms with E-state index in [2.05, 4.69) is 22.5 Å². The number of aliphatic hydroxyl groups is 1. The van der Waals surface area contributed by atoms with E-state index in [0.29, 0.717) is 4.48 Å². The molecule has 0 saturated carbocycles. The average molecular weight is 235 g/mol. The highest BCUT2D eigenvalue weighted by atomic mass is 79.9. The number of rotatable bonds is 3. The van der Waals surface area contributed by atoms with Crippen LogP contribution in [-0.4, -0.2) is 10.9 Å². The van der Waals surface area contributed by atoms with Crippen molar-refractivity contribution in [2.45, 2.75) is 6.92 Å². The molecule has 0 saturated heterocycles. The predicted octanol–water partition coefficient (Wildman–Crippen LogP) is 2.78. The smallest absolute Gasteiger partial charge is 0.197 e. The van der Waals surface area contributed by atoms with Gasteiger partial charge in [0.2, 0.25) is 0 Å². The van der Waals surface area contributed by atoms with E-state index in [9.17, 15) is 9.18 Å². The summed E-state index contributed by atoms with van der Waals surface area (Å²) in [6.45, 7) is 4.42. The lowest BCUT2D eigenvalue weighted by Crippen LogP contribution is -1.96. The van der Waals surface area contributed by atoms with Crippen LogP contribution in [0.25, 0.3) is 0 Å². The van der Waals surface area contributed by atoms with Gasteiger partial charge >= 0.3 is 0 Å². The molecule has 0 aliphatic carbocycles. The van der Waals surface area contributed by atoms with Crippen LogP contribution in [0, 0.1) is 0 Å². The Morgan fingerprint density at radius 2 is 2.17 bits per heavy atom. The van der Waals surface area contributed by atoms with Crippen LogP contribution in [0.15, 0.2) is 34.8 Å². The molecule has 0 aromatic rings. The molecule has 0 radical (unpaired) electrons. The Morgan fingerprint density at radius 3 is 2.50 bits per heavy atom. The minimum atomic E-state index is -0.978. The van der Waals surface area contributed by atoms with Crippen LogP contribution in [0.5, 0.6) is 0 Å². The van der Waals surface area contributed by atoms with Crippen molar-refractivity contribution in [3.63, 3.8) is 0 Å². The normalized spacial score (nSPS) is 13.8. The SMILES string of the molecule is C=C/C(Br)=C\C(F)=C(/O)C(C)=O. The zero-order valence-corrected chi connectivity index (χ0v) is 8.06. The molecule has 12 heavy (non-hydrogen) atoms. The summed E-state index contributed by atoms with van der Waals surface area (Å²) in [4.78, 5) is 10.4. The van der Waals surface area contributed by atoms with Crippen molar-refractivity contribution in [3.8, 4) is 0 Å². The van der Waals surface area contributed by atoms with Gasteiger partial charge in [-0.1, -0.05) is 28.6 Å². The number of halogens is 2. The third-order valence-electron chi connectivity index (χ3n) is 1.02. The standard InChI is InChI=1S/C8H8BrFO2/c1-3-6(9)4-7(10)8(12)5(2)11/h3-4,12H,1H2,2H3/b6-4+,8-7+. The molecule has 4 heteroatoms. The van der Waals surface area contributed by atoms with Crippen LogP contribution >= 0.6 is 15.9 Å². The van der Waals surface area contributed by atoms with Gasteiger partial charge in [-0.2, -0.15) is 0 Å². The third-order valence-corrected chi connectivity index (χ3v) is 1.57. The first-order chi connectivity index (χ1) is 5.49. The molecule has 0 atom stereocenters. The summed E-state index contributed by atoms with van der Waals surface area (Å²) >= 11 is 2.94. The van der Waals surface area contributed by atoms with Crippen LogP contribution in [0.2, 0.25) is 0 Å². The van der Waals surface area contributed by atoms with E-state index in [-0.39, 0.29) is 0 Å². The highest BCUT2D eigenvalue weighted by Gasteiger charge is 2.06. The van der Waals surface area contributed by atoms with Crippen molar-refractivity contribution < 1.29 is 14.3 Å². The summed E-state index contributed by atoms with van der Waals surface area (Å²) in [7, 11) is 0. The molecule has 0 unspecified atom stereocenters. The molecule has 0 heterocycles. The minimum absolute atomic E-state index is 0.354. The maximum Gasteiger partial charge on any atom is 0.197 e. The fourth-order valence-electron chi connectivity index (χ4n) is 0.417. The average Bonchev–Trinajstić information content (AvgIpc) is 2.02. The highest BCUT2D eigenvalue weighted by molar-refractivity contribution is 9.11. The molecule has 0 spiro atoms. The second-order valence-electron chi connectivity index (χ2n) is 1.99. The van der Waals surface area contributed by atoms with E-state index in [1.165, 1.54) is 6.08 Å². The number of carbonyl (C=O) groups excluding carboxylic acids is 1. The van der Waals surface area contributed by atoms with Gasteiger partial charge in [0.1, 0.15) is 0 Å². The van der Waals surface area contributed by atoms with Gasteiger partial charge < -0.3 is 5.11 Å². The van der Waals surface area contributed by atoms with E-state index >= 15 is 0 Å². The van der Waals surface area contributed by atoms with Crippen molar-refractivity contribution in [2.75, 3.05) is 0 Å². The fraction of sp³-hybridized carbons (Fsp3) is 0.125. The predicted molar refractivity (Wildman–Crippen MR) is 48.7 cm³/mol. The first-order valence-corrected chi connectivity index (χ1v) is 3.87. The van der Waals surface area contributed by atoms with Gasteiger partial charge in [-0.05, 0) is 6.08 Å². The summed E-state index contributed by atoms with van der Waals surface area (Å²) < 4.78 is 13.1. The molecule has 0 fully saturated rings. The zero-order valence-electron chi connectivity index (χ0n) is 6.47. The lowest BCUT2D eigenvalue weighted by Gasteiger charge is -1.93. The summed E-state index contributed by atoms with van der Waals surface area (Å²) in [5.74, 6) is -2.57. The first-order valence-electron chi connectivity index (χ1n) is 3.08. The number of hydrogen-bond acceptors (Lipinski definition) is 2. The number of carbonyl (C=O) groups is 1. The molecule has 0 bridgehead atoms. The van der Waals surface area contributed by atoms with Crippen LogP contribution in [0.3, 0.4) is 0 Å².